The number of aliphatic carboxylic acids is 1. The third-order valence-electron chi connectivity index (χ3n) is 6.29. The summed E-state index contributed by atoms with van der Waals surface area (Å²) >= 11 is 0. The molecule has 1 aliphatic carbocycles. The van der Waals surface area contributed by atoms with E-state index < -0.39 is 54.5 Å². The molecule has 8 heteroatoms. The quantitative estimate of drug-likeness (QED) is 0.206. The van der Waals surface area contributed by atoms with Crippen LogP contribution in [0.2, 0.25) is 0 Å². The summed E-state index contributed by atoms with van der Waals surface area (Å²) < 4.78 is 10.6. The van der Waals surface area contributed by atoms with Crippen molar-refractivity contribution >= 4 is 23.5 Å². The van der Waals surface area contributed by atoms with Gasteiger partial charge in [0, 0.05) is 12.0 Å². The minimum atomic E-state index is -1.78. The van der Waals surface area contributed by atoms with Gasteiger partial charge in [0.15, 0.2) is 23.3 Å². The lowest BCUT2D eigenvalue weighted by atomic mass is 9.85. The molecule has 1 fully saturated rings. The Morgan fingerprint density at radius 1 is 1.06 bits per heavy atom. The summed E-state index contributed by atoms with van der Waals surface area (Å²) in [5, 5.41) is 18.7. The Labute approximate surface area is 212 Å². The highest BCUT2D eigenvalue weighted by molar-refractivity contribution is 6.18. The summed E-state index contributed by atoms with van der Waals surface area (Å²) in [4.78, 5) is 48.1. The number of Topliss-reactive ketones (excluding diaryl/α,β-unsaturated/α-hetero) is 1. The Hall–Kier alpha value is -2.84. The van der Waals surface area contributed by atoms with Gasteiger partial charge in [-0.1, -0.05) is 34.9 Å². The van der Waals surface area contributed by atoms with Crippen LogP contribution in [0.25, 0.3) is 0 Å². The van der Waals surface area contributed by atoms with Crippen LogP contribution in [0.3, 0.4) is 0 Å². The van der Waals surface area contributed by atoms with Crippen molar-refractivity contribution in [1.29, 1.82) is 0 Å². The van der Waals surface area contributed by atoms with E-state index in [1.54, 1.807) is 0 Å². The number of carbonyl (C=O) groups excluding carboxylic acids is 3. The number of carbonyl (C=O) groups is 4. The number of epoxide rings is 1. The molecule has 0 amide bonds. The van der Waals surface area contributed by atoms with Crippen LogP contribution >= 0.6 is 0 Å². The molecular formula is C28H38O8. The monoisotopic (exact) mass is 502 g/mol. The second-order valence-electron chi connectivity index (χ2n) is 10.4. The minimum absolute atomic E-state index is 0.0266. The van der Waals surface area contributed by atoms with Gasteiger partial charge < -0.3 is 19.7 Å². The predicted molar refractivity (Wildman–Crippen MR) is 134 cm³/mol. The Kier molecular flexibility index (Phi) is 10.1. The lowest BCUT2D eigenvalue weighted by Gasteiger charge is -2.20. The van der Waals surface area contributed by atoms with Crippen LogP contribution in [0.4, 0.5) is 0 Å². The number of carboxylic acids is 1. The maximum atomic E-state index is 12.7. The maximum absolute atomic E-state index is 12.7. The van der Waals surface area contributed by atoms with E-state index in [1.807, 2.05) is 13.0 Å². The van der Waals surface area contributed by atoms with E-state index in [-0.39, 0.29) is 11.4 Å². The largest absolute Gasteiger partial charge is 0.481 e. The molecule has 0 radical (unpaired) electrons. The highest BCUT2D eigenvalue weighted by Crippen LogP contribution is 2.46. The van der Waals surface area contributed by atoms with Gasteiger partial charge in [-0.25, -0.2) is 0 Å². The molecule has 3 unspecified atom stereocenters. The first-order chi connectivity index (χ1) is 16.8. The van der Waals surface area contributed by atoms with Crippen molar-refractivity contribution in [1.82, 2.24) is 0 Å². The van der Waals surface area contributed by atoms with Crippen molar-refractivity contribution in [2.75, 3.05) is 6.61 Å². The molecule has 3 atom stereocenters. The lowest BCUT2D eigenvalue weighted by molar-refractivity contribution is -0.151. The van der Waals surface area contributed by atoms with E-state index in [0.29, 0.717) is 6.42 Å². The molecular weight excluding hydrogens is 464 g/mol. The van der Waals surface area contributed by atoms with Crippen LogP contribution in [0.5, 0.6) is 0 Å². The zero-order valence-corrected chi connectivity index (χ0v) is 21.9. The van der Waals surface area contributed by atoms with Gasteiger partial charge >= 0.3 is 11.9 Å². The Bertz CT molecular complexity index is 1010. The van der Waals surface area contributed by atoms with Gasteiger partial charge in [0.25, 0.3) is 0 Å². The highest BCUT2D eigenvalue weighted by Gasteiger charge is 2.66. The maximum Gasteiger partial charge on any atom is 0.309 e. The summed E-state index contributed by atoms with van der Waals surface area (Å²) in [6.07, 6.45) is 9.65. The fourth-order valence-corrected chi connectivity index (χ4v) is 4.09. The summed E-state index contributed by atoms with van der Waals surface area (Å²) in [6, 6.07) is 0. The van der Waals surface area contributed by atoms with Crippen molar-refractivity contribution in [2.24, 2.45) is 0 Å². The lowest BCUT2D eigenvalue weighted by Crippen LogP contribution is -2.36. The van der Waals surface area contributed by atoms with E-state index >= 15 is 0 Å². The fraction of sp³-hybridized carbons (Fsp3) is 0.571. The average Bonchev–Trinajstić information content (AvgIpc) is 3.49. The van der Waals surface area contributed by atoms with E-state index in [2.05, 4.69) is 32.9 Å². The van der Waals surface area contributed by atoms with Gasteiger partial charge in [-0.05, 0) is 66.4 Å². The van der Waals surface area contributed by atoms with Gasteiger partial charge in [-0.3, -0.25) is 19.2 Å². The van der Waals surface area contributed by atoms with E-state index in [1.165, 1.54) is 18.1 Å². The van der Waals surface area contributed by atoms with Gasteiger partial charge in [0.1, 0.15) is 6.61 Å². The number of hydrogen-bond donors (Lipinski definition) is 2. The standard InChI is InChI=1S/C28H38O8/c1-18(2)8-6-9-19(3)10-7-11-20(4)12-13-28-22(29)14-21(25(33)26(28)36-28)17-35-24(32)16-27(5,34)15-23(30)31/h8,10,12,14,26,34H,6-7,9,11,13,15-17H2,1-5H3,(H,30,31). The number of rotatable bonds is 14. The van der Waals surface area contributed by atoms with Crippen LogP contribution in [0.1, 0.15) is 79.6 Å². The fourth-order valence-electron chi connectivity index (χ4n) is 4.09. The molecule has 0 spiro atoms. The number of hydrogen-bond acceptors (Lipinski definition) is 7. The highest BCUT2D eigenvalue weighted by atomic mass is 16.6. The Morgan fingerprint density at radius 2 is 1.67 bits per heavy atom. The van der Waals surface area contributed by atoms with E-state index in [9.17, 15) is 24.3 Å². The number of allylic oxidation sites excluding steroid dienone is 5. The van der Waals surface area contributed by atoms with Crippen molar-refractivity contribution in [2.45, 2.75) is 96.9 Å². The number of ether oxygens (including phenoxy) is 2. The molecule has 1 heterocycles. The van der Waals surface area contributed by atoms with Crippen molar-refractivity contribution in [3.63, 3.8) is 0 Å². The molecule has 0 saturated carbocycles. The van der Waals surface area contributed by atoms with Crippen molar-refractivity contribution < 1.29 is 38.9 Å². The molecule has 0 bridgehead atoms. The van der Waals surface area contributed by atoms with Gasteiger partial charge in [-0.2, -0.15) is 0 Å². The number of aliphatic hydroxyl groups is 1. The second kappa shape index (κ2) is 12.4. The second-order valence-corrected chi connectivity index (χ2v) is 10.4. The zero-order valence-electron chi connectivity index (χ0n) is 21.9. The van der Waals surface area contributed by atoms with Crippen LogP contribution in [0.15, 0.2) is 46.6 Å². The van der Waals surface area contributed by atoms with Crippen molar-refractivity contribution in [3.05, 3.63) is 46.6 Å². The molecule has 198 valence electrons. The molecule has 36 heavy (non-hydrogen) atoms. The van der Waals surface area contributed by atoms with Gasteiger partial charge in [-0.15, -0.1) is 0 Å². The van der Waals surface area contributed by atoms with Crippen LogP contribution < -0.4 is 0 Å². The molecule has 1 aliphatic heterocycles. The first-order valence-electron chi connectivity index (χ1n) is 12.3. The molecule has 8 nitrogen and oxygen atoms in total. The molecule has 0 aromatic rings. The van der Waals surface area contributed by atoms with Crippen LogP contribution in [-0.4, -0.2) is 57.6 Å². The average molecular weight is 503 g/mol. The third kappa shape index (κ3) is 8.68. The SMILES string of the molecule is CC(C)=CCCC(C)=CCCC(C)=CCC12OC1C(=O)C(COC(=O)CC(C)(O)CC(=O)O)=CC2=O. The van der Waals surface area contributed by atoms with Gasteiger partial charge in [0.2, 0.25) is 0 Å². The van der Waals surface area contributed by atoms with E-state index in [0.717, 1.165) is 37.3 Å². The first kappa shape index (κ1) is 29.4. The van der Waals surface area contributed by atoms with Gasteiger partial charge in [0.05, 0.1) is 18.4 Å². The third-order valence-corrected chi connectivity index (χ3v) is 6.29. The topological polar surface area (TPSA) is 130 Å². The predicted octanol–water partition coefficient (Wildman–Crippen LogP) is 4.17. The smallest absolute Gasteiger partial charge is 0.309 e. The Morgan fingerprint density at radius 3 is 2.28 bits per heavy atom. The number of fused-ring (bicyclic) bond motifs is 1. The summed E-state index contributed by atoms with van der Waals surface area (Å²) in [5.41, 5.74) is 0.863. The minimum Gasteiger partial charge on any atom is -0.481 e. The summed E-state index contributed by atoms with van der Waals surface area (Å²) in [5.74, 6) is -2.86. The first-order valence-corrected chi connectivity index (χ1v) is 12.3. The number of esters is 1. The molecule has 2 aliphatic rings. The molecule has 0 aromatic carbocycles. The van der Waals surface area contributed by atoms with E-state index in [4.69, 9.17) is 14.6 Å². The Balaban J connectivity index is 1.86. The zero-order chi connectivity index (χ0) is 27.1. The molecule has 2 N–H and O–H groups in total. The normalized spacial score (nSPS) is 23.4. The summed E-state index contributed by atoms with van der Waals surface area (Å²) in [6.45, 7) is 9.09. The number of ketones is 2. The number of carboxylic acid groups (broad SMARTS) is 1. The van der Waals surface area contributed by atoms with Crippen molar-refractivity contribution in [3.8, 4) is 0 Å². The van der Waals surface area contributed by atoms with Crippen LogP contribution in [-0.2, 0) is 28.7 Å². The molecule has 1 saturated heterocycles. The van der Waals surface area contributed by atoms with Crippen LogP contribution in [0, 0.1) is 0 Å². The molecule has 2 rings (SSSR count). The molecule has 0 aromatic heterocycles. The summed E-state index contributed by atoms with van der Waals surface area (Å²) in [7, 11) is 0.